The Balaban J connectivity index is 0.000000444. The van der Waals surface area contributed by atoms with Crippen LogP contribution in [0.5, 0.6) is 5.75 Å². The quantitative estimate of drug-likeness (QED) is 0.505. The lowest BCUT2D eigenvalue weighted by Crippen LogP contribution is -2.38. The minimum Gasteiger partial charge on any atom is -0.490 e. The number of hydrogen-bond donors (Lipinski definition) is 4. The summed E-state index contributed by atoms with van der Waals surface area (Å²) in [5.74, 6) is 0.680. The van der Waals surface area contributed by atoms with Crippen molar-refractivity contribution < 1.29 is 4.74 Å². The van der Waals surface area contributed by atoms with Gasteiger partial charge in [-0.1, -0.05) is 18.0 Å². The molecule has 6 N–H and O–H groups in total. The maximum absolute atomic E-state index is 6.20. The Morgan fingerprint density at radius 3 is 2.80 bits per heavy atom. The Bertz CT molecular complexity index is 408. The van der Waals surface area contributed by atoms with Crippen LogP contribution in [0.3, 0.4) is 0 Å². The topological polar surface area (TPSA) is 97.2 Å². The molecular formula is C14H23ClN4O. The van der Waals surface area contributed by atoms with Crippen LogP contribution in [0.25, 0.3) is 0 Å². The van der Waals surface area contributed by atoms with Gasteiger partial charge >= 0.3 is 0 Å². The molecule has 1 heterocycles. The van der Waals surface area contributed by atoms with E-state index in [2.05, 4.69) is 5.32 Å². The predicted octanol–water partition coefficient (Wildman–Crippen LogP) is 2.04. The van der Waals surface area contributed by atoms with Crippen molar-refractivity contribution in [1.82, 2.24) is 5.32 Å². The van der Waals surface area contributed by atoms with Gasteiger partial charge in [0.1, 0.15) is 12.4 Å². The van der Waals surface area contributed by atoms with Crippen molar-refractivity contribution in [2.75, 3.05) is 25.4 Å². The van der Waals surface area contributed by atoms with Crippen LogP contribution >= 0.6 is 11.6 Å². The van der Waals surface area contributed by atoms with Crippen LogP contribution in [0.2, 0.25) is 5.02 Å². The minimum absolute atomic E-state index is 0.361. The van der Waals surface area contributed by atoms with E-state index >= 15 is 0 Å². The summed E-state index contributed by atoms with van der Waals surface area (Å²) in [6, 6.07) is 5.74. The zero-order valence-electron chi connectivity index (χ0n) is 11.6. The molecule has 0 radical (unpaired) electrons. The van der Waals surface area contributed by atoms with Crippen LogP contribution in [0.1, 0.15) is 19.3 Å². The first-order valence-corrected chi connectivity index (χ1v) is 7.15. The Morgan fingerprint density at radius 1 is 1.45 bits per heavy atom. The van der Waals surface area contributed by atoms with Crippen LogP contribution in [0.4, 0.5) is 5.69 Å². The lowest BCUT2D eigenvalue weighted by Gasteiger charge is -2.23. The van der Waals surface area contributed by atoms with Crippen molar-refractivity contribution in [3.63, 3.8) is 0 Å². The normalized spacial score (nSPS) is 17.8. The van der Waals surface area contributed by atoms with Crippen molar-refractivity contribution >= 4 is 23.5 Å². The standard InChI is InChI=1S/C12H17ClN2O.C2H6N2/c13-9-4-5-11(14)12(7-9)16-8-10-3-1-2-6-15-10;3-1-2-4/h4-5,7,10,15H,1-3,6,8,14H2;1,3H,2,4H2. The highest BCUT2D eigenvalue weighted by Crippen LogP contribution is 2.25. The fraction of sp³-hybridized carbons (Fsp3) is 0.500. The molecule has 1 aliphatic rings. The number of ether oxygens (including phenoxy) is 1. The van der Waals surface area contributed by atoms with Gasteiger partial charge in [-0.15, -0.1) is 0 Å². The average molecular weight is 299 g/mol. The molecule has 1 atom stereocenters. The molecule has 1 saturated heterocycles. The molecule has 6 heteroatoms. The number of benzene rings is 1. The Kier molecular flexibility index (Phi) is 8.02. The third-order valence-electron chi connectivity index (χ3n) is 2.95. The number of nitrogen functional groups attached to an aromatic ring is 1. The third-order valence-corrected chi connectivity index (χ3v) is 3.18. The molecule has 20 heavy (non-hydrogen) atoms. The molecule has 1 aromatic rings. The summed E-state index contributed by atoms with van der Waals surface area (Å²) in [5, 5.41) is 10.3. The van der Waals surface area contributed by atoms with Gasteiger partial charge < -0.3 is 26.9 Å². The molecule has 2 rings (SSSR count). The number of halogens is 1. The minimum atomic E-state index is 0.361. The summed E-state index contributed by atoms with van der Waals surface area (Å²) in [6.45, 7) is 2.10. The number of hydrogen-bond acceptors (Lipinski definition) is 5. The van der Waals surface area contributed by atoms with E-state index < -0.39 is 0 Å². The fourth-order valence-electron chi connectivity index (χ4n) is 1.89. The van der Waals surface area contributed by atoms with Crippen LogP contribution in [0.15, 0.2) is 18.2 Å². The highest BCUT2D eigenvalue weighted by molar-refractivity contribution is 6.30. The fourth-order valence-corrected chi connectivity index (χ4v) is 2.05. The van der Waals surface area contributed by atoms with E-state index in [9.17, 15) is 0 Å². The number of anilines is 1. The van der Waals surface area contributed by atoms with Gasteiger partial charge in [0.15, 0.2) is 0 Å². The maximum atomic E-state index is 6.20. The van der Waals surface area contributed by atoms with Crippen LogP contribution in [-0.2, 0) is 0 Å². The molecule has 112 valence electrons. The van der Waals surface area contributed by atoms with Crippen LogP contribution in [-0.4, -0.2) is 32.0 Å². The van der Waals surface area contributed by atoms with Crippen molar-refractivity contribution in [3.8, 4) is 5.75 Å². The van der Waals surface area contributed by atoms with Crippen molar-refractivity contribution in [3.05, 3.63) is 23.2 Å². The molecule has 5 nitrogen and oxygen atoms in total. The molecule has 0 aromatic heterocycles. The number of rotatable bonds is 4. The third kappa shape index (κ3) is 6.23. The second-order valence-corrected chi connectivity index (χ2v) is 5.02. The number of piperidine rings is 1. The SMILES string of the molecule is N=CCN.Nc1ccc(Cl)cc1OCC1CCCCN1. The van der Waals surface area contributed by atoms with E-state index in [-0.39, 0.29) is 0 Å². The molecule has 0 spiro atoms. The maximum Gasteiger partial charge on any atom is 0.143 e. The van der Waals surface area contributed by atoms with E-state index in [0.29, 0.717) is 35.7 Å². The highest BCUT2D eigenvalue weighted by atomic mass is 35.5. The van der Waals surface area contributed by atoms with E-state index in [1.807, 2.05) is 0 Å². The lowest BCUT2D eigenvalue weighted by molar-refractivity contribution is 0.240. The van der Waals surface area contributed by atoms with E-state index in [4.69, 9.17) is 33.2 Å². The average Bonchev–Trinajstić information content (AvgIpc) is 2.49. The van der Waals surface area contributed by atoms with Gasteiger partial charge in [-0.2, -0.15) is 0 Å². The highest BCUT2D eigenvalue weighted by Gasteiger charge is 2.13. The summed E-state index contributed by atoms with van der Waals surface area (Å²) in [5.41, 5.74) is 11.2. The largest absolute Gasteiger partial charge is 0.490 e. The van der Waals surface area contributed by atoms with Gasteiger partial charge in [-0.25, -0.2) is 0 Å². The molecule has 1 fully saturated rings. The second-order valence-electron chi connectivity index (χ2n) is 4.58. The van der Waals surface area contributed by atoms with Crippen LogP contribution < -0.4 is 21.5 Å². The van der Waals surface area contributed by atoms with Gasteiger partial charge in [0.25, 0.3) is 0 Å². The molecule has 1 aromatic carbocycles. The Hall–Kier alpha value is -1.30. The molecule has 0 aliphatic carbocycles. The smallest absolute Gasteiger partial charge is 0.143 e. The molecule has 1 aliphatic heterocycles. The van der Waals surface area contributed by atoms with Gasteiger partial charge in [-0.3, -0.25) is 0 Å². The number of nitrogens with one attached hydrogen (secondary N) is 2. The monoisotopic (exact) mass is 298 g/mol. The second kappa shape index (κ2) is 9.58. The van der Waals surface area contributed by atoms with Crippen molar-refractivity contribution in [2.24, 2.45) is 5.73 Å². The summed E-state index contributed by atoms with van der Waals surface area (Å²) >= 11 is 5.89. The van der Waals surface area contributed by atoms with Gasteiger partial charge in [0.2, 0.25) is 0 Å². The molecule has 1 unspecified atom stereocenters. The summed E-state index contributed by atoms with van der Waals surface area (Å²) < 4.78 is 5.69. The zero-order valence-corrected chi connectivity index (χ0v) is 12.3. The molecular weight excluding hydrogens is 276 g/mol. The lowest BCUT2D eigenvalue weighted by atomic mass is 10.1. The van der Waals surface area contributed by atoms with Crippen molar-refractivity contribution in [2.45, 2.75) is 25.3 Å². The summed E-state index contributed by atoms with van der Waals surface area (Å²) in [6.07, 6.45) is 4.85. The summed E-state index contributed by atoms with van der Waals surface area (Å²) in [7, 11) is 0. The van der Waals surface area contributed by atoms with Gasteiger partial charge in [-0.05, 0) is 31.5 Å². The Labute approximate surface area is 125 Å². The van der Waals surface area contributed by atoms with Gasteiger partial charge in [0, 0.05) is 29.9 Å². The van der Waals surface area contributed by atoms with Crippen molar-refractivity contribution in [1.29, 1.82) is 5.41 Å². The summed E-state index contributed by atoms with van der Waals surface area (Å²) in [4.78, 5) is 0. The Morgan fingerprint density at radius 2 is 2.20 bits per heavy atom. The van der Waals surface area contributed by atoms with Crippen LogP contribution in [0, 0.1) is 5.41 Å². The first-order chi connectivity index (χ1) is 9.67. The van der Waals surface area contributed by atoms with E-state index in [1.165, 1.54) is 19.3 Å². The predicted molar refractivity (Wildman–Crippen MR) is 84.8 cm³/mol. The van der Waals surface area contributed by atoms with E-state index in [1.54, 1.807) is 18.2 Å². The number of nitrogens with two attached hydrogens (primary N) is 2. The zero-order chi connectivity index (χ0) is 14.8. The first-order valence-electron chi connectivity index (χ1n) is 6.77. The van der Waals surface area contributed by atoms with Gasteiger partial charge in [0.05, 0.1) is 5.69 Å². The van der Waals surface area contributed by atoms with E-state index in [0.717, 1.165) is 12.8 Å². The molecule has 0 bridgehead atoms. The first kappa shape index (κ1) is 16.8. The molecule has 0 amide bonds. The molecule has 0 saturated carbocycles.